The van der Waals surface area contributed by atoms with E-state index in [1.54, 1.807) is 0 Å². The van der Waals surface area contributed by atoms with E-state index < -0.39 is 0 Å². The van der Waals surface area contributed by atoms with Crippen LogP contribution in [0.3, 0.4) is 0 Å². The van der Waals surface area contributed by atoms with Crippen LogP contribution in [-0.2, 0) is 0 Å². The maximum absolute atomic E-state index is 12.1. The third-order valence-corrected chi connectivity index (χ3v) is 4.31. The summed E-state index contributed by atoms with van der Waals surface area (Å²) in [6, 6.07) is 0.619. The fraction of sp³-hybridized carbons (Fsp3) is 0.929. The zero-order valence-electron chi connectivity index (χ0n) is 11.3. The maximum Gasteiger partial charge on any atom is 0.317 e. The van der Waals surface area contributed by atoms with Gasteiger partial charge >= 0.3 is 6.03 Å². The van der Waals surface area contributed by atoms with Crippen LogP contribution in [0.2, 0.25) is 0 Å². The van der Waals surface area contributed by atoms with Gasteiger partial charge in [-0.15, -0.1) is 0 Å². The number of hydrogen-bond donors (Lipinski definition) is 1. The average molecular weight is 238 g/mol. The molecular weight excluding hydrogens is 212 g/mol. The minimum Gasteiger partial charge on any atom is -0.335 e. The zero-order valence-corrected chi connectivity index (χ0v) is 11.3. The first-order valence-corrected chi connectivity index (χ1v) is 7.12. The van der Waals surface area contributed by atoms with Crippen molar-refractivity contribution in [3.63, 3.8) is 0 Å². The fourth-order valence-corrected chi connectivity index (χ4v) is 2.96. The zero-order chi connectivity index (χ0) is 12.3. The van der Waals surface area contributed by atoms with Gasteiger partial charge in [0.15, 0.2) is 0 Å². The Morgan fingerprint density at radius 2 is 1.82 bits per heavy atom. The van der Waals surface area contributed by atoms with Crippen LogP contribution in [0, 0.1) is 5.41 Å². The molecule has 0 spiro atoms. The predicted octanol–water partition coefficient (Wildman–Crippen LogP) is 3.15. The molecule has 0 bridgehead atoms. The van der Waals surface area contributed by atoms with Crippen molar-refractivity contribution in [3.05, 3.63) is 0 Å². The molecule has 0 radical (unpaired) electrons. The Bertz CT molecular complexity index is 269. The molecule has 17 heavy (non-hydrogen) atoms. The van der Waals surface area contributed by atoms with Crippen LogP contribution in [0.5, 0.6) is 0 Å². The lowest BCUT2D eigenvalue weighted by atomic mass is 9.85. The van der Waals surface area contributed by atoms with E-state index in [1.807, 2.05) is 4.90 Å². The van der Waals surface area contributed by atoms with Gasteiger partial charge in [-0.3, -0.25) is 0 Å². The summed E-state index contributed by atoms with van der Waals surface area (Å²) in [4.78, 5) is 14.2. The number of carbonyl (C=O) groups is 1. The van der Waals surface area contributed by atoms with Crippen molar-refractivity contribution in [1.82, 2.24) is 10.2 Å². The van der Waals surface area contributed by atoms with Gasteiger partial charge in [-0.25, -0.2) is 4.79 Å². The second-order valence-corrected chi connectivity index (χ2v) is 6.44. The van der Waals surface area contributed by atoms with Gasteiger partial charge in [0.25, 0.3) is 0 Å². The molecule has 1 aliphatic carbocycles. The summed E-state index contributed by atoms with van der Waals surface area (Å²) in [6.07, 6.45) is 8.41. The first-order valence-electron chi connectivity index (χ1n) is 7.12. The van der Waals surface area contributed by atoms with E-state index in [9.17, 15) is 4.79 Å². The predicted molar refractivity (Wildman–Crippen MR) is 70.0 cm³/mol. The minimum absolute atomic E-state index is 0.176. The Labute approximate surface area is 105 Å². The van der Waals surface area contributed by atoms with Crippen LogP contribution in [-0.4, -0.2) is 30.1 Å². The highest BCUT2D eigenvalue weighted by molar-refractivity contribution is 5.74. The molecule has 1 saturated carbocycles. The molecule has 1 aliphatic heterocycles. The summed E-state index contributed by atoms with van der Waals surface area (Å²) in [5.41, 5.74) is 0.405. The summed E-state index contributed by atoms with van der Waals surface area (Å²) in [6.45, 7) is 6.48. The number of hydrogen-bond acceptors (Lipinski definition) is 1. The SMILES string of the molecule is CC1(C)CCCN(C(=O)NC2CCCC2)CC1. The number of nitrogens with one attached hydrogen (secondary N) is 1. The number of amides is 2. The largest absolute Gasteiger partial charge is 0.335 e. The van der Waals surface area contributed by atoms with E-state index in [0.717, 1.165) is 25.9 Å². The lowest BCUT2D eigenvalue weighted by molar-refractivity contribution is 0.193. The molecule has 0 atom stereocenters. The molecule has 0 unspecified atom stereocenters. The number of rotatable bonds is 1. The topological polar surface area (TPSA) is 32.3 Å². The van der Waals surface area contributed by atoms with E-state index in [-0.39, 0.29) is 6.03 Å². The summed E-state index contributed by atoms with van der Waals surface area (Å²) >= 11 is 0. The summed E-state index contributed by atoms with van der Waals surface area (Å²) in [5, 5.41) is 3.19. The molecule has 0 aromatic carbocycles. The van der Waals surface area contributed by atoms with Gasteiger partial charge in [-0.05, 0) is 37.5 Å². The molecule has 0 aromatic heterocycles. The van der Waals surface area contributed by atoms with E-state index in [4.69, 9.17) is 0 Å². The molecular formula is C14H26N2O. The average Bonchev–Trinajstić information content (AvgIpc) is 2.68. The normalized spacial score (nSPS) is 25.6. The third-order valence-electron chi connectivity index (χ3n) is 4.31. The summed E-state index contributed by atoms with van der Waals surface area (Å²) in [5.74, 6) is 0. The Morgan fingerprint density at radius 1 is 1.12 bits per heavy atom. The van der Waals surface area contributed by atoms with E-state index in [0.29, 0.717) is 11.5 Å². The van der Waals surface area contributed by atoms with Gasteiger partial charge in [-0.2, -0.15) is 0 Å². The molecule has 2 aliphatic rings. The minimum atomic E-state index is 0.176. The van der Waals surface area contributed by atoms with E-state index >= 15 is 0 Å². The molecule has 1 saturated heterocycles. The Kier molecular flexibility index (Phi) is 3.95. The van der Waals surface area contributed by atoms with Crippen molar-refractivity contribution in [2.45, 2.75) is 64.8 Å². The Hall–Kier alpha value is -0.730. The molecule has 3 heteroatoms. The molecule has 1 heterocycles. The highest BCUT2D eigenvalue weighted by atomic mass is 16.2. The number of likely N-dealkylation sites (tertiary alicyclic amines) is 1. The van der Waals surface area contributed by atoms with Gasteiger partial charge in [0.1, 0.15) is 0 Å². The number of nitrogens with zero attached hydrogens (tertiary/aromatic N) is 1. The van der Waals surface area contributed by atoms with Crippen molar-refractivity contribution in [1.29, 1.82) is 0 Å². The third kappa shape index (κ3) is 3.62. The highest BCUT2D eigenvalue weighted by Gasteiger charge is 2.26. The second kappa shape index (κ2) is 5.28. The molecule has 2 rings (SSSR count). The van der Waals surface area contributed by atoms with Crippen LogP contribution in [0.25, 0.3) is 0 Å². The molecule has 2 fully saturated rings. The van der Waals surface area contributed by atoms with E-state index in [2.05, 4.69) is 19.2 Å². The Balaban J connectivity index is 1.82. The molecule has 0 aromatic rings. The van der Waals surface area contributed by atoms with Crippen molar-refractivity contribution in [2.75, 3.05) is 13.1 Å². The molecule has 98 valence electrons. The molecule has 3 nitrogen and oxygen atoms in total. The molecule has 2 amide bonds. The van der Waals surface area contributed by atoms with Crippen molar-refractivity contribution in [2.24, 2.45) is 5.41 Å². The van der Waals surface area contributed by atoms with Gasteiger partial charge in [-0.1, -0.05) is 26.7 Å². The highest BCUT2D eigenvalue weighted by Crippen LogP contribution is 2.29. The quantitative estimate of drug-likeness (QED) is 0.748. The monoisotopic (exact) mass is 238 g/mol. The van der Waals surface area contributed by atoms with Crippen molar-refractivity contribution in [3.8, 4) is 0 Å². The van der Waals surface area contributed by atoms with Crippen LogP contribution in [0.15, 0.2) is 0 Å². The first kappa shape index (κ1) is 12.7. The van der Waals surface area contributed by atoms with Crippen molar-refractivity contribution < 1.29 is 4.79 Å². The fourth-order valence-electron chi connectivity index (χ4n) is 2.96. The second-order valence-electron chi connectivity index (χ2n) is 6.44. The maximum atomic E-state index is 12.1. The number of urea groups is 1. The van der Waals surface area contributed by atoms with Crippen LogP contribution in [0.4, 0.5) is 4.79 Å². The molecule has 1 N–H and O–H groups in total. The lowest BCUT2D eigenvalue weighted by Gasteiger charge is -2.25. The lowest BCUT2D eigenvalue weighted by Crippen LogP contribution is -2.44. The van der Waals surface area contributed by atoms with E-state index in [1.165, 1.54) is 32.1 Å². The standard InChI is InChI=1S/C14H26N2O/c1-14(2)8-5-10-16(11-9-14)13(17)15-12-6-3-4-7-12/h12H,3-11H2,1-2H3,(H,15,17). The smallest absolute Gasteiger partial charge is 0.317 e. The summed E-state index contributed by atoms with van der Waals surface area (Å²) < 4.78 is 0. The van der Waals surface area contributed by atoms with Crippen molar-refractivity contribution >= 4 is 6.03 Å². The van der Waals surface area contributed by atoms with Crippen LogP contribution in [0.1, 0.15) is 58.8 Å². The number of carbonyl (C=O) groups excluding carboxylic acids is 1. The van der Waals surface area contributed by atoms with Gasteiger partial charge in [0.2, 0.25) is 0 Å². The van der Waals surface area contributed by atoms with Crippen LogP contribution >= 0.6 is 0 Å². The Morgan fingerprint density at radius 3 is 2.53 bits per heavy atom. The van der Waals surface area contributed by atoms with Gasteiger partial charge < -0.3 is 10.2 Å². The van der Waals surface area contributed by atoms with Gasteiger partial charge in [0, 0.05) is 19.1 Å². The van der Waals surface area contributed by atoms with Gasteiger partial charge in [0.05, 0.1) is 0 Å². The summed E-state index contributed by atoms with van der Waals surface area (Å²) in [7, 11) is 0. The first-order chi connectivity index (χ1) is 8.07. The van der Waals surface area contributed by atoms with Crippen LogP contribution < -0.4 is 5.32 Å².